The third-order valence-electron chi connectivity index (χ3n) is 13.6. The number of hydrogen-bond donors (Lipinski definition) is 1. The SMILES string of the molecule is C[C@@H]1CC/C=C\[C@@H]2C[C@@]2(C(=O)NS(=O)(=O)C2(C)CC2)CC(=O)[C@@H]2C[C@@H](Oc3nc4c(c5ccccc35)OCCC4)CN2C(=O)C(CC(=O)OC(C)(C)C(C)(F)F)[C@H](C)C1. The fraction of sp³-hybridized carbons (Fsp3) is 0.659. The number of pyridine rings is 1. The van der Waals surface area contributed by atoms with E-state index in [0.29, 0.717) is 69.1 Å². The fourth-order valence-electron chi connectivity index (χ4n) is 8.93. The number of hydrogen-bond acceptors (Lipinski definition) is 10. The van der Waals surface area contributed by atoms with Gasteiger partial charge in [-0.25, -0.2) is 22.2 Å². The van der Waals surface area contributed by atoms with Crippen molar-refractivity contribution in [1.29, 1.82) is 0 Å². The van der Waals surface area contributed by atoms with Crippen LogP contribution in [0.2, 0.25) is 0 Å². The molecule has 7 rings (SSSR count). The Balaban J connectivity index is 1.24. The quantitative estimate of drug-likeness (QED) is 0.209. The van der Waals surface area contributed by atoms with E-state index in [9.17, 15) is 36.4 Å². The van der Waals surface area contributed by atoms with Crippen molar-refractivity contribution in [3.05, 3.63) is 42.1 Å². The Labute approximate surface area is 345 Å². The van der Waals surface area contributed by atoms with E-state index in [-0.39, 0.29) is 37.6 Å². The molecule has 3 fully saturated rings. The summed E-state index contributed by atoms with van der Waals surface area (Å²) < 4.78 is 74.7. The zero-order valence-corrected chi connectivity index (χ0v) is 35.7. The molecule has 2 aliphatic carbocycles. The smallest absolute Gasteiger partial charge is 0.307 e. The molecule has 3 aliphatic heterocycles. The van der Waals surface area contributed by atoms with Gasteiger partial charge >= 0.3 is 5.97 Å². The van der Waals surface area contributed by atoms with Crippen LogP contribution in [0.15, 0.2) is 36.4 Å². The van der Waals surface area contributed by atoms with E-state index in [1.54, 1.807) is 6.92 Å². The van der Waals surface area contributed by atoms with Gasteiger partial charge in [0.2, 0.25) is 27.7 Å². The lowest BCUT2D eigenvalue weighted by atomic mass is 9.82. The van der Waals surface area contributed by atoms with Gasteiger partial charge in [-0.15, -0.1) is 0 Å². The minimum absolute atomic E-state index is 0.0414. The molecule has 12 nitrogen and oxygen atoms in total. The average Bonchev–Trinajstić information content (AvgIpc) is 4.04. The van der Waals surface area contributed by atoms with E-state index >= 15 is 0 Å². The number of allylic oxidation sites excluding steroid dienone is 2. The number of carbonyl (C=O) groups excluding carboxylic acids is 4. The van der Waals surface area contributed by atoms with Crippen LogP contribution in [-0.2, 0) is 40.4 Å². The van der Waals surface area contributed by atoms with Crippen LogP contribution < -0.4 is 14.2 Å². The lowest BCUT2D eigenvalue weighted by Crippen LogP contribution is -2.49. The summed E-state index contributed by atoms with van der Waals surface area (Å²) in [4.78, 5) is 63.5. The zero-order chi connectivity index (χ0) is 42.7. The van der Waals surface area contributed by atoms with E-state index in [1.165, 1.54) is 4.90 Å². The standard InChI is InChI=1S/C44H57F2N3O9S/c1-26-12-7-8-13-28-23-44(28,40(53)48-59(54,55)42(5)17-18-42)24-35(50)34-21-29(57-38-31-15-10-9-14-30(31)37-33(47-38)16-11-19-56-37)25-49(34)39(52)32(27(2)20-26)22-36(51)58-41(3,4)43(6,45)46/h8-10,13-15,26-29,32,34H,7,11-12,16-25H2,1-6H3,(H,48,53)/b13-8-/t26-,27-,28-,29-,32?,34+,44-/m1/s1. The number of rotatable bonds is 9. The Bertz CT molecular complexity index is 2150. The molecule has 7 atom stereocenters. The van der Waals surface area contributed by atoms with Crippen LogP contribution in [0, 0.1) is 29.1 Å². The number of fused-ring (bicyclic) bond motifs is 5. The van der Waals surface area contributed by atoms with Crippen LogP contribution in [0.3, 0.4) is 0 Å². The van der Waals surface area contributed by atoms with Crippen LogP contribution in [0.4, 0.5) is 8.78 Å². The highest BCUT2D eigenvalue weighted by Gasteiger charge is 2.63. The largest absolute Gasteiger partial charge is 0.491 e. The second-order valence-electron chi connectivity index (χ2n) is 18.7. The molecule has 4 heterocycles. The number of esters is 1. The summed E-state index contributed by atoms with van der Waals surface area (Å²) >= 11 is 0. The van der Waals surface area contributed by atoms with Gasteiger partial charge in [0.15, 0.2) is 11.4 Å². The number of Topliss-reactive ketones (excluding diaryl/α,β-unsaturated/α-hetero) is 1. The Morgan fingerprint density at radius 2 is 1.80 bits per heavy atom. The van der Waals surface area contributed by atoms with Gasteiger partial charge in [0.25, 0.3) is 5.92 Å². The first-order valence-electron chi connectivity index (χ1n) is 21.0. The molecule has 0 radical (unpaired) electrons. The van der Waals surface area contributed by atoms with E-state index in [1.807, 2.05) is 50.3 Å². The highest BCUT2D eigenvalue weighted by atomic mass is 32.2. The van der Waals surface area contributed by atoms with Crippen molar-refractivity contribution < 1.29 is 50.6 Å². The zero-order valence-electron chi connectivity index (χ0n) is 34.9. The van der Waals surface area contributed by atoms with E-state index in [0.717, 1.165) is 31.3 Å². The molecule has 2 saturated carbocycles. The van der Waals surface area contributed by atoms with Gasteiger partial charge in [0.1, 0.15) is 11.9 Å². The molecular formula is C44H57F2N3O9S. The molecule has 322 valence electrons. The van der Waals surface area contributed by atoms with Crippen molar-refractivity contribution in [2.24, 2.45) is 29.1 Å². The van der Waals surface area contributed by atoms with Gasteiger partial charge in [-0.05, 0) is 96.0 Å². The first-order chi connectivity index (χ1) is 27.6. The van der Waals surface area contributed by atoms with Crippen molar-refractivity contribution in [1.82, 2.24) is 14.6 Å². The van der Waals surface area contributed by atoms with Gasteiger partial charge in [-0.2, -0.15) is 0 Å². The van der Waals surface area contributed by atoms with Crippen LogP contribution in [0.1, 0.15) is 111 Å². The molecule has 0 spiro atoms. The average molecular weight is 842 g/mol. The molecule has 1 aromatic carbocycles. The minimum Gasteiger partial charge on any atom is -0.491 e. The lowest BCUT2D eigenvalue weighted by molar-refractivity contribution is -0.197. The summed E-state index contributed by atoms with van der Waals surface area (Å²) in [5.41, 5.74) is -2.74. The van der Waals surface area contributed by atoms with Gasteiger partial charge < -0.3 is 19.1 Å². The summed E-state index contributed by atoms with van der Waals surface area (Å²) in [7, 11) is -4.01. The topological polar surface area (TPSA) is 158 Å². The van der Waals surface area contributed by atoms with E-state index in [4.69, 9.17) is 19.2 Å². The minimum atomic E-state index is -4.01. The molecule has 1 aromatic heterocycles. The second kappa shape index (κ2) is 15.7. The molecule has 5 aliphatic rings. The predicted octanol–water partition coefficient (Wildman–Crippen LogP) is 6.87. The number of nitrogens with zero attached hydrogens (tertiary/aromatic N) is 2. The predicted molar refractivity (Wildman–Crippen MR) is 215 cm³/mol. The summed E-state index contributed by atoms with van der Waals surface area (Å²) in [6, 6.07) is 6.44. The molecule has 15 heteroatoms. The van der Waals surface area contributed by atoms with Gasteiger partial charge in [-0.3, -0.25) is 23.9 Å². The Morgan fingerprint density at radius 1 is 1.08 bits per heavy atom. The van der Waals surface area contributed by atoms with E-state index < -0.39 is 85.7 Å². The molecular weight excluding hydrogens is 785 g/mol. The molecule has 0 bridgehead atoms. The number of ketones is 1. The maximum Gasteiger partial charge on any atom is 0.307 e. The second-order valence-corrected chi connectivity index (χ2v) is 20.9. The molecule has 1 N–H and O–H groups in total. The number of sulfonamides is 1. The fourth-order valence-corrected chi connectivity index (χ4v) is 10.3. The number of alkyl halides is 2. The number of carbonyl (C=O) groups is 4. The van der Waals surface area contributed by atoms with Gasteiger partial charge in [0, 0.05) is 30.5 Å². The number of nitrogens with one attached hydrogen (secondary N) is 1. The van der Waals surface area contributed by atoms with Gasteiger partial charge in [-0.1, -0.05) is 44.2 Å². The number of halogens is 2. The molecule has 1 saturated heterocycles. The Hall–Kier alpha value is -4.14. The number of amides is 2. The lowest BCUT2D eigenvalue weighted by Gasteiger charge is -2.34. The number of ether oxygens (including phenoxy) is 3. The summed E-state index contributed by atoms with van der Waals surface area (Å²) in [5.74, 6) is -6.74. The maximum atomic E-state index is 15.0. The Morgan fingerprint density at radius 3 is 2.49 bits per heavy atom. The third kappa shape index (κ3) is 8.59. The molecule has 1 unspecified atom stereocenters. The third-order valence-corrected chi connectivity index (χ3v) is 15.8. The summed E-state index contributed by atoms with van der Waals surface area (Å²) in [6.07, 6.45) is 6.80. The van der Waals surface area contributed by atoms with Crippen molar-refractivity contribution in [2.75, 3.05) is 13.2 Å². The molecule has 59 heavy (non-hydrogen) atoms. The number of aryl methyl sites for hydroxylation is 1. The van der Waals surface area contributed by atoms with Crippen molar-refractivity contribution in [2.45, 2.75) is 141 Å². The van der Waals surface area contributed by atoms with Crippen LogP contribution in [-0.4, -0.2) is 83.4 Å². The maximum absolute atomic E-state index is 15.0. The monoisotopic (exact) mass is 841 g/mol. The van der Waals surface area contributed by atoms with Crippen LogP contribution in [0.25, 0.3) is 10.8 Å². The normalized spacial score (nSPS) is 30.4. The summed E-state index contributed by atoms with van der Waals surface area (Å²) in [6.45, 7) is 8.89. The molecule has 2 aromatic rings. The summed E-state index contributed by atoms with van der Waals surface area (Å²) in [5, 5.41) is 1.52. The van der Waals surface area contributed by atoms with Crippen molar-refractivity contribution in [3.8, 4) is 11.6 Å². The van der Waals surface area contributed by atoms with E-state index in [2.05, 4.69) is 4.72 Å². The molecule has 2 amide bonds. The Kier molecular flexibility index (Phi) is 11.4. The van der Waals surface area contributed by atoms with Crippen molar-refractivity contribution >= 4 is 44.4 Å². The first kappa shape index (κ1) is 43.0. The van der Waals surface area contributed by atoms with Gasteiger partial charge in [0.05, 0.1) is 47.4 Å². The van der Waals surface area contributed by atoms with Crippen molar-refractivity contribution in [3.63, 3.8) is 0 Å². The number of aromatic nitrogens is 1. The number of benzene rings is 1. The highest BCUT2D eigenvalue weighted by Crippen LogP contribution is 2.58. The first-order valence-corrected chi connectivity index (χ1v) is 22.5. The van der Waals surface area contributed by atoms with Crippen LogP contribution >= 0.6 is 0 Å². The van der Waals surface area contributed by atoms with Crippen LogP contribution in [0.5, 0.6) is 11.6 Å². The highest BCUT2D eigenvalue weighted by molar-refractivity contribution is 7.91.